The molecule has 1 unspecified atom stereocenters. The first-order valence-corrected chi connectivity index (χ1v) is 12.6. The Hall–Kier alpha value is -4.66. The number of halogens is 3. The van der Waals surface area contributed by atoms with Gasteiger partial charge in [0.25, 0.3) is 0 Å². The zero-order valence-corrected chi connectivity index (χ0v) is 21.4. The summed E-state index contributed by atoms with van der Waals surface area (Å²) in [6, 6.07) is 10.7. The van der Waals surface area contributed by atoms with Crippen molar-refractivity contribution in [2.24, 2.45) is 0 Å². The van der Waals surface area contributed by atoms with Crippen LogP contribution in [0, 0.1) is 11.3 Å². The highest BCUT2D eigenvalue weighted by Gasteiger charge is 2.47. The molecular weight excluding hydrogens is 527 g/mol. The van der Waals surface area contributed by atoms with Crippen LogP contribution in [0.1, 0.15) is 35.6 Å². The topological polar surface area (TPSA) is 105 Å². The van der Waals surface area contributed by atoms with Gasteiger partial charge in [-0.3, -0.25) is 19.3 Å². The van der Waals surface area contributed by atoms with Gasteiger partial charge in [-0.2, -0.15) is 18.4 Å². The molecule has 40 heavy (non-hydrogen) atoms. The number of carbonyl (C=O) groups excluding carboxylic acids is 4. The summed E-state index contributed by atoms with van der Waals surface area (Å²) in [7, 11) is 1.62. The number of allylic oxidation sites excluding steroid dienone is 1. The molecule has 12 heteroatoms. The van der Waals surface area contributed by atoms with E-state index in [0.29, 0.717) is 17.7 Å². The first kappa shape index (κ1) is 26.9. The molecule has 1 aliphatic carbocycles. The summed E-state index contributed by atoms with van der Waals surface area (Å²) in [5.74, 6) is -1.09. The molecule has 9 nitrogen and oxygen atoms in total. The Morgan fingerprint density at radius 1 is 1.05 bits per heavy atom. The number of carbonyl (C=O) groups is 4. The second kappa shape index (κ2) is 10.1. The zero-order valence-electron chi connectivity index (χ0n) is 21.4. The number of likely N-dealkylation sites (N-methyl/N-ethyl adjacent to an activating group) is 1. The number of anilines is 1. The molecule has 5 rings (SSSR count). The smallest absolute Gasteiger partial charge is 0.342 e. The molecule has 1 atom stereocenters. The Balaban J connectivity index is 1.61. The largest absolute Gasteiger partial charge is 0.416 e. The highest BCUT2D eigenvalue weighted by atomic mass is 19.4. The van der Waals surface area contributed by atoms with E-state index < -0.39 is 36.3 Å². The molecule has 1 saturated heterocycles. The molecule has 2 aromatic rings. The highest BCUT2D eigenvalue weighted by molar-refractivity contribution is 6.09. The highest BCUT2D eigenvalue weighted by Crippen LogP contribution is 2.45. The molecule has 1 fully saturated rings. The molecule has 0 bridgehead atoms. The number of rotatable bonds is 4. The molecule has 2 aromatic carbocycles. The Bertz CT molecular complexity index is 1480. The van der Waals surface area contributed by atoms with Crippen LogP contribution in [-0.4, -0.2) is 71.6 Å². The van der Waals surface area contributed by atoms with Gasteiger partial charge in [0.05, 0.1) is 35.5 Å². The fraction of sp³-hybridized carbons (Fsp3) is 0.321. The number of hydrogen-bond donors (Lipinski definition) is 0. The van der Waals surface area contributed by atoms with Crippen LogP contribution in [0.5, 0.6) is 0 Å². The van der Waals surface area contributed by atoms with Crippen LogP contribution < -0.4 is 4.90 Å². The minimum Gasteiger partial charge on any atom is -0.342 e. The number of ketones is 1. The molecule has 206 valence electrons. The van der Waals surface area contributed by atoms with Gasteiger partial charge in [-0.1, -0.05) is 18.2 Å². The lowest BCUT2D eigenvalue weighted by atomic mass is 9.92. The van der Waals surface area contributed by atoms with Crippen molar-refractivity contribution in [1.82, 2.24) is 14.7 Å². The number of alkyl halides is 3. The molecule has 0 spiro atoms. The zero-order chi connectivity index (χ0) is 28.8. The first-order valence-electron chi connectivity index (χ1n) is 12.6. The van der Waals surface area contributed by atoms with E-state index in [9.17, 15) is 37.6 Å². The summed E-state index contributed by atoms with van der Waals surface area (Å²) >= 11 is 0. The maximum Gasteiger partial charge on any atom is 0.416 e. The fourth-order valence-electron chi connectivity index (χ4n) is 5.27. The maximum atomic E-state index is 14.1. The second-order valence-corrected chi connectivity index (χ2v) is 9.84. The molecule has 0 aromatic heterocycles. The fourth-order valence-corrected chi connectivity index (χ4v) is 5.27. The molecule has 0 saturated carbocycles. The van der Waals surface area contributed by atoms with Crippen LogP contribution in [-0.2, 0) is 20.6 Å². The van der Waals surface area contributed by atoms with E-state index in [1.807, 2.05) is 6.07 Å². The maximum absolute atomic E-state index is 14.1. The Labute approximate surface area is 227 Å². The van der Waals surface area contributed by atoms with Gasteiger partial charge in [-0.15, -0.1) is 0 Å². The lowest BCUT2D eigenvalue weighted by Gasteiger charge is -2.43. The van der Waals surface area contributed by atoms with Crippen LogP contribution in [0.15, 0.2) is 59.8 Å². The molecule has 0 radical (unpaired) electrons. The van der Waals surface area contributed by atoms with Gasteiger partial charge in [-0.05, 0) is 42.3 Å². The number of piperazine rings is 1. The van der Waals surface area contributed by atoms with Crippen LogP contribution in [0.3, 0.4) is 0 Å². The summed E-state index contributed by atoms with van der Waals surface area (Å²) in [5, 5.41) is 9.22. The number of nitrogens with zero attached hydrogens (tertiary/aromatic N) is 5. The normalized spacial score (nSPS) is 19.8. The van der Waals surface area contributed by atoms with Gasteiger partial charge in [-0.25, -0.2) is 4.79 Å². The summed E-state index contributed by atoms with van der Waals surface area (Å²) < 4.78 is 40.6. The van der Waals surface area contributed by atoms with Crippen LogP contribution in [0.25, 0.3) is 0 Å². The molecule has 3 aliphatic rings. The molecular formula is C28H24F3N5O4. The minimum atomic E-state index is -4.66. The monoisotopic (exact) mass is 551 g/mol. The molecule has 2 heterocycles. The van der Waals surface area contributed by atoms with Crippen molar-refractivity contribution in [1.29, 1.82) is 5.26 Å². The van der Waals surface area contributed by atoms with E-state index in [1.54, 1.807) is 19.2 Å². The van der Waals surface area contributed by atoms with Crippen LogP contribution >= 0.6 is 0 Å². The first-order chi connectivity index (χ1) is 19.0. The number of hydrogen-bond acceptors (Lipinski definition) is 5. The summed E-state index contributed by atoms with van der Waals surface area (Å²) in [4.78, 5) is 58.0. The third kappa shape index (κ3) is 4.79. The third-order valence-electron chi connectivity index (χ3n) is 7.39. The number of Topliss-reactive ketones (excluding diaryl/α,β-unsaturated/α-hetero) is 1. The van der Waals surface area contributed by atoms with Crippen molar-refractivity contribution in [3.05, 3.63) is 76.5 Å². The number of nitriles is 1. The second-order valence-electron chi connectivity index (χ2n) is 9.84. The molecule has 0 N–H and O–H groups in total. The van der Waals surface area contributed by atoms with Crippen molar-refractivity contribution < 1.29 is 32.3 Å². The van der Waals surface area contributed by atoms with Gasteiger partial charge in [0.15, 0.2) is 5.78 Å². The summed E-state index contributed by atoms with van der Waals surface area (Å²) in [5.41, 5.74) is 0.277. The van der Waals surface area contributed by atoms with Crippen molar-refractivity contribution in [3.63, 3.8) is 0 Å². The summed E-state index contributed by atoms with van der Waals surface area (Å²) in [6.07, 6.45) is -4.47. The molecule has 4 amide bonds. The van der Waals surface area contributed by atoms with Crippen molar-refractivity contribution in [2.45, 2.75) is 25.1 Å². The minimum absolute atomic E-state index is 0.0505. The predicted octanol–water partition coefficient (Wildman–Crippen LogP) is 3.48. The lowest BCUT2D eigenvalue weighted by molar-refractivity contribution is -0.144. The Morgan fingerprint density at radius 3 is 2.42 bits per heavy atom. The third-order valence-corrected chi connectivity index (χ3v) is 7.39. The Morgan fingerprint density at radius 2 is 1.77 bits per heavy atom. The standard InChI is InChI=1S/C28H24F3N5O4/c1-33-11-12-34(15-23(33)38)24(39)16-35-26(18-7-5-17(14-32)6-8-18)25-21(9-10-22(25)37)36(27(35)40)20-4-2-3-19(13-20)28(29,30)31/h2-8,13,26H,9-12,15-16H2,1H3. The summed E-state index contributed by atoms with van der Waals surface area (Å²) in [6.45, 7) is -0.139. The van der Waals surface area contributed by atoms with E-state index in [-0.39, 0.29) is 54.6 Å². The van der Waals surface area contributed by atoms with Gasteiger partial charge in [0, 0.05) is 37.8 Å². The van der Waals surface area contributed by atoms with Gasteiger partial charge >= 0.3 is 12.2 Å². The van der Waals surface area contributed by atoms with E-state index in [0.717, 1.165) is 21.9 Å². The number of amides is 4. The van der Waals surface area contributed by atoms with Crippen LogP contribution in [0.4, 0.5) is 23.7 Å². The van der Waals surface area contributed by atoms with E-state index >= 15 is 0 Å². The van der Waals surface area contributed by atoms with Gasteiger partial charge in [0.1, 0.15) is 6.54 Å². The van der Waals surface area contributed by atoms with Gasteiger partial charge < -0.3 is 14.7 Å². The average molecular weight is 552 g/mol. The predicted molar refractivity (Wildman–Crippen MR) is 135 cm³/mol. The van der Waals surface area contributed by atoms with Crippen LogP contribution in [0.2, 0.25) is 0 Å². The van der Waals surface area contributed by atoms with Crippen molar-refractivity contribution in [3.8, 4) is 6.07 Å². The van der Waals surface area contributed by atoms with E-state index in [1.165, 1.54) is 34.1 Å². The van der Waals surface area contributed by atoms with Crippen molar-refractivity contribution >= 4 is 29.3 Å². The van der Waals surface area contributed by atoms with Gasteiger partial charge in [0.2, 0.25) is 11.8 Å². The Kier molecular flexibility index (Phi) is 6.83. The SMILES string of the molecule is CN1CCN(C(=O)CN2C(=O)N(c3cccc(C(F)(F)F)c3)C3=C(C(=O)CC3)C2c2ccc(C#N)cc2)CC1=O. The van der Waals surface area contributed by atoms with E-state index in [2.05, 4.69) is 0 Å². The number of urea groups is 1. The van der Waals surface area contributed by atoms with Crippen molar-refractivity contribution in [2.75, 3.05) is 38.1 Å². The molecule has 2 aliphatic heterocycles. The van der Waals surface area contributed by atoms with E-state index in [4.69, 9.17) is 0 Å². The average Bonchev–Trinajstić information content (AvgIpc) is 3.30. The quantitative estimate of drug-likeness (QED) is 0.579. The number of benzene rings is 2. The lowest BCUT2D eigenvalue weighted by Crippen LogP contribution is -2.56.